The van der Waals surface area contributed by atoms with Crippen LogP contribution in [-0.4, -0.2) is 34.4 Å². The molecule has 116 valence electrons. The molecule has 2 heterocycles. The van der Waals surface area contributed by atoms with Gasteiger partial charge in [0.2, 0.25) is 5.91 Å². The number of nitrogens with one attached hydrogen (secondary N) is 2. The Morgan fingerprint density at radius 3 is 3.05 bits per heavy atom. The van der Waals surface area contributed by atoms with Crippen LogP contribution < -0.4 is 5.32 Å². The summed E-state index contributed by atoms with van der Waals surface area (Å²) in [6.07, 6.45) is 6.09. The number of H-pyrrole nitrogens is 1. The Labute approximate surface area is 129 Å². The van der Waals surface area contributed by atoms with E-state index >= 15 is 0 Å². The lowest BCUT2D eigenvalue weighted by Gasteiger charge is -2.21. The molecule has 22 heavy (non-hydrogen) atoms. The lowest BCUT2D eigenvalue weighted by Crippen LogP contribution is -2.37. The first-order chi connectivity index (χ1) is 10.7. The van der Waals surface area contributed by atoms with Crippen LogP contribution in [0, 0.1) is 0 Å². The lowest BCUT2D eigenvalue weighted by molar-refractivity contribution is -0.121. The van der Waals surface area contributed by atoms with Crippen molar-refractivity contribution in [2.75, 3.05) is 6.61 Å². The van der Waals surface area contributed by atoms with Gasteiger partial charge in [-0.15, -0.1) is 0 Å². The first kappa shape index (κ1) is 13.8. The van der Waals surface area contributed by atoms with E-state index in [4.69, 9.17) is 4.74 Å². The van der Waals surface area contributed by atoms with Gasteiger partial charge in [0.25, 0.3) is 0 Å². The maximum atomic E-state index is 12.3. The van der Waals surface area contributed by atoms with Gasteiger partial charge in [-0.25, -0.2) is 0 Å². The molecule has 5 nitrogen and oxygen atoms in total. The zero-order valence-electron chi connectivity index (χ0n) is 12.6. The average Bonchev–Trinajstić information content (AvgIpc) is 3.23. The minimum Gasteiger partial charge on any atom is -0.373 e. The Bertz CT molecular complexity index is 688. The molecule has 1 atom stereocenters. The molecular weight excluding hydrogens is 278 g/mol. The summed E-state index contributed by atoms with van der Waals surface area (Å²) in [4.78, 5) is 12.3. The molecule has 1 aliphatic heterocycles. The van der Waals surface area contributed by atoms with Crippen LogP contribution in [0.3, 0.4) is 0 Å². The van der Waals surface area contributed by atoms with Crippen molar-refractivity contribution < 1.29 is 9.53 Å². The van der Waals surface area contributed by atoms with E-state index in [2.05, 4.69) is 15.5 Å². The molecular formula is C17H21N3O2. The molecule has 0 radical (unpaired) electrons. The fourth-order valence-electron chi connectivity index (χ4n) is 3.89. The van der Waals surface area contributed by atoms with Gasteiger partial charge in [0.05, 0.1) is 35.9 Å². The second-order valence-electron chi connectivity index (χ2n) is 6.57. The van der Waals surface area contributed by atoms with E-state index in [-0.39, 0.29) is 17.6 Å². The maximum Gasteiger partial charge on any atom is 0.226 e. The summed E-state index contributed by atoms with van der Waals surface area (Å²) in [6, 6.07) is 8.01. The third-order valence-electron chi connectivity index (χ3n) is 4.97. The summed E-state index contributed by atoms with van der Waals surface area (Å²) in [5, 5.41) is 11.3. The van der Waals surface area contributed by atoms with Crippen molar-refractivity contribution in [1.82, 2.24) is 15.5 Å². The van der Waals surface area contributed by atoms with Crippen LogP contribution in [0.4, 0.5) is 0 Å². The largest absolute Gasteiger partial charge is 0.373 e. The van der Waals surface area contributed by atoms with Gasteiger partial charge in [0, 0.05) is 5.39 Å². The third-order valence-corrected chi connectivity index (χ3v) is 4.97. The van der Waals surface area contributed by atoms with Gasteiger partial charge in [0.15, 0.2) is 0 Å². The number of benzene rings is 1. The number of carbonyl (C=O) groups excluding carboxylic acids is 1. The minimum absolute atomic E-state index is 0.0399. The van der Waals surface area contributed by atoms with Crippen molar-refractivity contribution in [2.24, 2.45) is 0 Å². The van der Waals surface area contributed by atoms with Gasteiger partial charge in [-0.1, -0.05) is 31.0 Å². The highest BCUT2D eigenvalue weighted by atomic mass is 16.5. The molecule has 1 aliphatic carbocycles. The molecule has 1 saturated heterocycles. The third kappa shape index (κ3) is 2.50. The van der Waals surface area contributed by atoms with Gasteiger partial charge in [-0.3, -0.25) is 9.89 Å². The fraction of sp³-hybridized carbons (Fsp3) is 0.529. The number of hydrogen-bond donors (Lipinski definition) is 2. The van der Waals surface area contributed by atoms with E-state index in [1.165, 1.54) is 12.8 Å². The molecule has 5 heteroatoms. The SMILES string of the molecule is O=C(Cc1[nH]nc2ccccc12)N[C@@H]1COC2(CCCC2)C1. The summed E-state index contributed by atoms with van der Waals surface area (Å²) in [5.74, 6) is 0.0399. The second kappa shape index (κ2) is 5.39. The second-order valence-corrected chi connectivity index (χ2v) is 6.57. The number of rotatable bonds is 3. The van der Waals surface area contributed by atoms with E-state index in [9.17, 15) is 4.79 Å². The van der Waals surface area contributed by atoms with Crippen molar-refractivity contribution in [3.8, 4) is 0 Å². The van der Waals surface area contributed by atoms with Gasteiger partial charge in [-0.05, 0) is 25.3 Å². The first-order valence-electron chi connectivity index (χ1n) is 8.09. The van der Waals surface area contributed by atoms with Crippen molar-refractivity contribution in [1.29, 1.82) is 0 Å². The number of fused-ring (bicyclic) bond motifs is 1. The molecule has 4 rings (SSSR count). The number of hydrogen-bond acceptors (Lipinski definition) is 3. The Balaban J connectivity index is 1.39. The Hall–Kier alpha value is -1.88. The summed E-state index contributed by atoms with van der Waals surface area (Å²) in [5.41, 5.74) is 1.83. The smallest absolute Gasteiger partial charge is 0.226 e. The Kier molecular flexibility index (Phi) is 3.37. The molecule has 2 fully saturated rings. The first-order valence-corrected chi connectivity index (χ1v) is 8.09. The fourth-order valence-corrected chi connectivity index (χ4v) is 3.89. The van der Waals surface area contributed by atoms with Crippen LogP contribution >= 0.6 is 0 Å². The number of aromatic nitrogens is 2. The molecule has 2 aromatic rings. The summed E-state index contributed by atoms with van der Waals surface area (Å²) in [7, 11) is 0. The zero-order valence-corrected chi connectivity index (χ0v) is 12.6. The van der Waals surface area contributed by atoms with Crippen molar-refractivity contribution in [3.05, 3.63) is 30.0 Å². The highest BCUT2D eigenvalue weighted by molar-refractivity contribution is 5.87. The highest BCUT2D eigenvalue weighted by Crippen LogP contribution is 2.40. The average molecular weight is 299 g/mol. The Morgan fingerprint density at radius 1 is 1.36 bits per heavy atom. The number of ether oxygens (including phenoxy) is 1. The van der Waals surface area contributed by atoms with E-state index in [0.717, 1.165) is 35.9 Å². The lowest BCUT2D eigenvalue weighted by atomic mass is 9.96. The Morgan fingerprint density at radius 2 is 2.18 bits per heavy atom. The molecule has 2 aliphatic rings. The van der Waals surface area contributed by atoms with Gasteiger partial charge >= 0.3 is 0 Å². The molecule has 0 unspecified atom stereocenters. The van der Waals surface area contributed by atoms with Crippen molar-refractivity contribution >= 4 is 16.8 Å². The number of amides is 1. The maximum absolute atomic E-state index is 12.3. The van der Waals surface area contributed by atoms with Crippen molar-refractivity contribution in [3.63, 3.8) is 0 Å². The van der Waals surface area contributed by atoms with Crippen LogP contribution in [0.5, 0.6) is 0 Å². The van der Waals surface area contributed by atoms with Crippen LogP contribution in [0.1, 0.15) is 37.8 Å². The summed E-state index contributed by atoms with van der Waals surface area (Å²) in [6.45, 7) is 0.648. The van der Waals surface area contributed by atoms with Crippen LogP contribution in [0.2, 0.25) is 0 Å². The molecule has 2 N–H and O–H groups in total. The van der Waals surface area contributed by atoms with E-state index < -0.39 is 0 Å². The molecule has 1 amide bonds. The van der Waals surface area contributed by atoms with Gasteiger partial charge in [0.1, 0.15) is 0 Å². The van der Waals surface area contributed by atoms with E-state index in [1.807, 2.05) is 24.3 Å². The van der Waals surface area contributed by atoms with Crippen molar-refractivity contribution in [2.45, 2.75) is 50.2 Å². The van der Waals surface area contributed by atoms with Gasteiger partial charge in [-0.2, -0.15) is 5.10 Å². The number of para-hydroxylation sites is 1. The predicted molar refractivity (Wildman–Crippen MR) is 83.5 cm³/mol. The van der Waals surface area contributed by atoms with Crippen LogP contribution in [-0.2, 0) is 16.0 Å². The number of carbonyl (C=O) groups is 1. The number of aromatic amines is 1. The molecule has 1 saturated carbocycles. The highest BCUT2D eigenvalue weighted by Gasteiger charge is 2.42. The number of nitrogens with zero attached hydrogens (tertiary/aromatic N) is 1. The summed E-state index contributed by atoms with van der Waals surface area (Å²) >= 11 is 0. The minimum atomic E-state index is 0.0399. The molecule has 1 aromatic carbocycles. The quantitative estimate of drug-likeness (QED) is 0.914. The van der Waals surface area contributed by atoms with E-state index in [0.29, 0.717) is 13.0 Å². The van der Waals surface area contributed by atoms with Crippen LogP contribution in [0.15, 0.2) is 24.3 Å². The molecule has 1 spiro atoms. The van der Waals surface area contributed by atoms with E-state index in [1.54, 1.807) is 0 Å². The molecule has 0 bridgehead atoms. The normalized spacial score (nSPS) is 23.4. The predicted octanol–water partition coefficient (Wildman–Crippen LogP) is 2.32. The zero-order chi connectivity index (χ0) is 15.0. The summed E-state index contributed by atoms with van der Waals surface area (Å²) < 4.78 is 5.99. The van der Waals surface area contributed by atoms with Gasteiger partial charge < -0.3 is 10.1 Å². The van der Waals surface area contributed by atoms with Crippen LogP contribution in [0.25, 0.3) is 10.9 Å². The topological polar surface area (TPSA) is 67.0 Å². The standard InChI is InChI=1S/C17H21N3O2/c21-16(9-15-13-5-1-2-6-14(13)19-20-15)18-12-10-17(22-11-12)7-3-4-8-17/h1-2,5-6,12H,3-4,7-11H2,(H,18,21)(H,19,20)/t12-/m0/s1. The molecule has 1 aromatic heterocycles. The monoisotopic (exact) mass is 299 g/mol.